The van der Waals surface area contributed by atoms with Gasteiger partial charge in [0.2, 0.25) is 0 Å². The van der Waals surface area contributed by atoms with Crippen molar-refractivity contribution in [3.05, 3.63) is 71.3 Å². The van der Waals surface area contributed by atoms with Gasteiger partial charge in [0.05, 0.1) is 0 Å². The van der Waals surface area contributed by atoms with Crippen LogP contribution in [0.15, 0.2) is 60.2 Å². The zero-order valence-corrected chi connectivity index (χ0v) is 17.8. The van der Waals surface area contributed by atoms with Crippen molar-refractivity contribution in [3.63, 3.8) is 0 Å². The quantitative estimate of drug-likeness (QED) is 0.386. The summed E-state index contributed by atoms with van der Waals surface area (Å²) in [5.41, 5.74) is 2.46. The van der Waals surface area contributed by atoms with Gasteiger partial charge in [0, 0.05) is 35.4 Å². The molecule has 0 radical (unpaired) electrons. The molecule has 0 spiro atoms. The lowest BCUT2D eigenvalue weighted by Gasteiger charge is -2.36. The molecule has 30 heavy (non-hydrogen) atoms. The van der Waals surface area contributed by atoms with Crippen LogP contribution in [0.25, 0.3) is 10.8 Å². The molecule has 1 atom stereocenters. The molecule has 1 unspecified atom stereocenters. The van der Waals surface area contributed by atoms with Gasteiger partial charge >= 0.3 is 0 Å². The summed E-state index contributed by atoms with van der Waals surface area (Å²) in [4.78, 5) is 39.6. The topological polar surface area (TPSA) is 54.5 Å². The number of hydrogen-bond donors (Lipinski definition) is 0. The summed E-state index contributed by atoms with van der Waals surface area (Å²) in [7, 11) is 0. The van der Waals surface area contributed by atoms with E-state index in [2.05, 4.69) is 26.8 Å². The van der Waals surface area contributed by atoms with Gasteiger partial charge < -0.3 is 0 Å². The standard InChI is InChI=1S/C26H27NO3/c1-17-7-6-15-26(2,3)22(17)13-12-19(28)14-16-27-24(29)20-10-4-8-18-9-5-11-21(23(18)20)25(27)30/h4-5,7-13,22H,6,14-16H2,1-3H3/b13-12+. The molecule has 0 N–H and O–H groups in total. The normalized spacial score (nSPS) is 20.7. The van der Waals surface area contributed by atoms with Gasteiger partial charge in [0.15, 0.2) is 5.78 Å². The Morgan fingerprint density at radius 2 is 1.73 bits per heavy atom. The smallest absolute Gasteiger partial charge is 0.261 e. The molecule has 0 fully saturated rings. The maximum absolute atomic E-state index is 12.9. The minimum Gasteiger partial charge on any atom is -0.295 e. The van der Waals surface area contributed by atoms with Gasteiger partial charge in [-0.2, -0.15) is 0 Å². The second-order valence-electron chi connectivity index (χ2n) is 9.00. The Labute approximate surface area is 177 Å². The van der Waals surface area contributed by atoms with Crippen LogP contribution in [-0.2, 0) is 4.79 Å². The summed E-state index contributed by atoms with van der Waals surface area (Å²) >= 11 is 0. The minimum atomic E-state index is -0.326. The van der Waals surface area contributed by atoms with Crippen molar-refractivity contribution in [2.45, 2.75) is 40.0 Å². The van der Waals surface area contributed by atoms with E-state index in [0.717, 1.165) is 18.2 Å². The fourth-order valence-electron chi connectivity index (χ4n) is 4.78. The zero-order chi connectivity index (χ0) is 21.5. The van der Waals surface area contributed by atoms with E-state index in [1.807, 2.05) is 30.3 Å². The number of imide groups is 1. The number of hydrogen-bond acceptors (Lipinski definition) is 3. The van der Waals surface area contributed by atoms with Gasteiger partial charge in [0.1, 0.15) is 0 Å². The molecule has 2 aliphatic rings. The number of carbonyl (C=O) groups is 3. The molecule has 2 aromatic rings. The number of amides is 2. The SMILES string of the molecule is CC1=CCCC(C)(C)C1/C=C/C(=O)CCN1C(=O)c2cccc3cccc(c23)C1=O. The van der Waals surface area contributed by atoms with Crippen molar-refractivity contribution in [2.75, 3.05) is 6.54 Å². The predicted octanol–water partition coefficient (Wildman–Crippen LogP) is 5.33. The molecule has 1 aliphatic heterocycles. The zero-order valence-electron chi connectivity index (χ0n) is 17.8. The summed E-state index contributed by atoms with van der Waals surface area (Å²) in [5.74, 6) is -0.485. The van der Waals surface area contributed by atoms with Crippen LogP contribution in [0.5, 0.6) is 0 Å². The Balaban J connectivity index is 1.48. The third-order valence-corrected chi connectivity index (χ3v) is 6.50. The van der Waals surface area contributed by atoms with Gasteiger partial charge in [-0.1, -0.05) is 55.8 Å². The molecule has 0 aromatic heterocycles. The summed E-state index contributed by atoms with van der Waals surface area (Å²) < 4.78 is 0. The Morgan fingerprint density at radius 3 is 2.33 bits per heavy atom. The molecule has 2 aromatic carbocycles. The average molecular weight is 402 g/mol. The molecule has 1 aliphatic carbocycles. The highest BCUT2D eigenvalue weighted by molar-refractivity contribution is 6.25. The number of allylic oxidation sites excluding steroid dienone is 4. The first kappa shape index (κ1) is 20.3. The Morgan fingerprint density at radius 1 is 1.10 bits per heavy atom. The molecule has 2 amide bonds. The number of benzene rings is 2. The molecular weight excluding hydrogens is 374 g/mol. The average Bonchev–Trinajstić information content (AvgIpc) is 2.71. The number of ketones is 1. The molecule has 4 heteroatoms. The molecule has 4 nitrogen and oxygen atoms in total. The lowest BCUT2D eigenvalue weighted by molar-refractivity contribution is -0.114. The highest BCUT2D eigenvalue weighted by Gasteiger charge is 2.33. The van der Waals surface area contributed by atoms with E-state index < -0.39 is 0 Å². The van der Waals surface area contributed by atoms with Crippen LogP contribution in [-0.4, -0.2) is 29.0 Å². The van der Waals surface area contributed by atoms with Crippen LogP contribution < -0.4 is 0 Å². The van der Waals surface area contributed by atoms with Crippen molar-refractivity contribution in [3.8, 4) is 0 Å². The molecular formula is C26H27NO3. The third-order valence-electron chi connectivity index (χ3n) is 6.50. The van der Waals surface area contributed by atoms with Crippen LogP contribution in [0.4, 0.5) is 0 Å². The van der Waals surface area contributed by atoms with Crippen molar-refractivity contribution >= 4 is 28.4 Å². The van der Waals surface area contributed by atoms with E-state index in [1.165, 1.54) is 10.5 Å². The van der Waals surface area contributed by atoms with Crippen LogP contribution >= 0.6 is 0 Å². The van der Waals surface area contributed by atoms with E-state index in [0.29, 0.717) is 16.5 Å². The Hall–Kier alpha value is -3.01. The number of rotatable bonds is 5. The maximum Gasteiger partial charge on any atom is 0.261 e. The van der Waals surface area contributed by atoms with Crippen LogP contribution in [0.2, 0.25) is 0 Å². The second kappa shape index (κ2) is 7.67. The van der Waals surface area contributed by atoms with Gasteiger partial charge in [0.25, 0.3) is 11.8 Å². The Bertz CT molecular complexity index is 1060. The van der Waals surface area contributed by atoms with Crippen molar-refractivity contribution in [1.82, 2.24) is 4.90 Å². The first-order chi connectivity index (χ1) is 14.3. The van der Waals surface area contributed by atoms with Crippen LogP contribution in [0.3, 0.4) is 0 Å². The van der Waals surface area contributed by atoms with E-state index in [9.17, 15) is 14.4 Å². The first-order valence-electron chi connectivity index (χ1n) is 10.6. The fourth-order valence-corrected chi connectivity index (χ4v) is 4.78. The lowest BCUT2D eigenvalue weighted by Crippen LogP contribution is -2.41. The second-order valence-corrected chi connectivity index (χ2v) is 9.00. The molecule has 0 saturated carbocycles. The van der Waals surface area contributed by atoms with Crippen LogP contribution in [0.1, 0.15) is 60.7 Å². The maximum atomic E-state index is 12.9. The highest BCUT2D eigenvalue weighted by Crippen LogP contribution is 2.41. The van der Waals surface area contributed by atoms with E-state index >= 15 is 0 Å². The lowest BCUT2D eigenvalue weighted by atomic mass is 9.68. The number of nitrogens with zero attached hydrogens (tertiary/aromatic N) is 1. The predicted molar refractivity (Wildman–Crippen MR) is 118 cm³/mol. The highest BCUT2D eigenvalue weighted by atomic mass is 16.2. The molecule has 4 rings (SSSR count). The summed E-state index contributed by atoms with van der Waals surface area (Å²) in [5, 5.41) is 1.59. The van der Waals surface area contributed by atoms with Crippen molar-refractivity contribution < 1.29 is 14.4 Å². The fraction of sp³-hybridized carbons (Fsp3) is 0.346. The van der Waals surface area contributed by atoms with E-state index in [-0.39, 0.29) is 41.9 Å². The first-order valence-corrected chi connectivity index (χ1v) is 10.6. The monoisotopic (exact) mass is 401 g/mol. The summed E-state index contributed by atoms with van der Waals surface area (Å²) in [6.07, 6.45) is 8.15. The number of carbonyl (C=O) groups excluding carboxylic acids is 3. The molecule has 1 heterocycles. The molecule has 154 valence electrons. The summed E-state index contributed by atoms with van der Waals surface area (Å²) in [6, 6.07) is 10.9. The van der Waals surface area contributed by atoms with Gasteiger partial charge in [-0.05, 0) is 48.8 Å². The van der Waals surface area contributed by atoms with E-state index in [4.69, 9.17) is 0 Å². The van der Waals surface area contributed by atoms with Gasteiger partial charge in [-0.15, -0.1) is 0 Å². The Kier molecular flexibility index (Phi) is 5.19. The van der Waals surface area contributed by atoms with E-state index in [1.54, 1.807) is 18.2 Å². The third kappa shape index (κ3) is 3.51. The largest absolute Gasteiger partial charge is 0.295 e. The van der Waals surface area contributed by atoms with Gasteiger partial charge in [-0.3, -0.25) is 19.3 Å². The minimum absolute atomic E-state index is 0.0677. The van der Waals surface area contributed by atoms with Gasteiger partial charge in [-0.25, -0.2) is 0 Å². The van der Waals surface area contributed by atoms with Crippen molar-refractivity contribution in [2.24, 2.45) is 11.3 Å². The van der Waals surface area contributed by atoms with Crippen LogP contribution in [0, 0.1) is 11.3 Å². The molecule has 0 saturated heterocycles. The summed E-state index contributed by atoms with van der Waals surface area (Å²) in [6.45, 7) is 6.66. The molecule has 0 bridgehead atoms. The van der Waals surface area contributed by atoms with Crippen molar-refractivity contribution in [1.29, 1.82) is 0 Å².